The topological polar surface area (TPSA) is 128 Å². The van der Waals surface area contributed by atoms with Crippen molar-refractivity contribution >= 4 is 35.5 Å². The Hall–Kier alpha value is -3.15. The lowest BCUT2D eigenvalue weighted by atomic mass is 10.1. The molecule has 5 amide bonds. The summed E-state index contributed by atoms with van der Waals surface area (Å²) in [5.74, 6) is -1.78. The fourth-order valence-corrected chi connectivity index (χ4v) is 5.45. The monoisotopic (exact) mass is 581 g/mol. The molecule has 0 radical (unpaired) electrons. The molecule has 1 heterocycles. The van der Waals surface area contributed by atoms with Crippen molar-refractivity contribution in [3.8, 4) is 0 Å². The number of rotatable bonds is 19. The highest BCUT2D eigenvalue weighted by atomic mass is 32.2. The smallest absolute Gasteiger partial charge is 0.315 e. The quantitative estimate of drug-likeness (QED) is 0.126. The van der Waals surface area contributed by atoms with E-state index in [1.54, 1.807) is 0 Å². The molecule has 0 aromatic heterocycles. The van der Waals surface area contributed by atoms with Gasteiger partial charge in [-0.25, -0.2) is 13.6 Å². The highest BCUT2D eigenvalue weighted by Gasteiger charge is 2.28. The first kappa shape index (κ1) is 33.1. The van der Waals surface area contributed by atoms with E-state index in [9.17, 15) is 28.0 Å². The van der Waals surface area contributed by atoms with Gasteiger partial charge in [-0.05, 0) is 43.6 Å². The van der Waals surface area contributed by atoms with Crippen molar-refractivity contribution in [2.75, 3.05) is 25.4 Å². The van der Waals surface area contributed by atoms with E-state index in [0.29, 0.717) is 31.2 Å². The van der Waals surface area contributed by atoms with Crippen LogP contribution in [-0.4, -0.2) is 60.4 Å². The van der Waals surface area contributed by atoms with Gasteiger partial charge in [0.25, 0.3) is 5.91 Å². The molecule has 1 fully saturated rings. The maximum Gasteiger partial charge on any atom is 0.315 e. The highest BCUT2D eigenvalue weighted by Crippen LogP contribution is 2.22. The summed E-state index contributed by atoms with van der Waals surface area (Å²) in [6, 6.07) is 1.89. The molecule has 12 heteroatoms. The fraction of sp³-hybridized carbons (Fsp3) is 0.571. The van der Waals surface area contributed by atoms with Crippen molar-refractivity contribution in [1.29, 1.82) is 0 Å². The molecule has 2 atom stereocenters. The number of thioether (sulfide) groups is 1. The van der Waals surface area contributed by atoms with Gasteiger partial charge in [-0.15, -0.1) is 6.58 Å². The summed E-state index contributed by atoms with van der Waals surface area (Å²) in [6.07, 6.45) is 6.78. The van der Waals surface area contributed by atoms with E-state index in [-0.39, 0.29) is 54.5 Å². The zero-order valence-electron chi connectivity index (χ0n) is 23.1. The van der Waals surface area contributed by atoms with Crippen LogP contribution in [0.3, 0.4) is 0 Å². The largest absolute Gasteiger partial charge is 0.356 e. The molecule has 0 spiro atoms. The summed E-state index contributed by atoms with van der Waals surface area (Å²) >= 11 is 1.83. The summed E-state index contributed by atoms with van der Waals surface area (Å²) in [6.45, 7) is 6.58. The van der Waals surface area contributed by atoms with Crippen LogP contribution in [0.15, 0.2) is 24.8 Å². The molecule has 0 aliphatic carbocycles. The van der Waals surface area contributed by atoms with Crippen molar-refractivity contribution in [2.24, 2.45) is 0 Å². The van der Waals surface area contributed by atoms with E-state index in [4.69, 9.17) is 0 Å². The summed E-state index contributed by atoms with van der Waals surface area (Å²) in [4.78, 5) is 47.4. The van der Waals surface area contributed by atoms with Gasteiger partial charge in [0.2, 0.25) is 11.8 Å². The summed E-state index contributed by atoms with van der Waals surface area (Å²) in [5.41, 5.74) is -0.453. The summed E-state index contributed by atoms with van der Waals surface area (Å²) in [5, 5.41) is 13.9. The molecule has 1 aliphatic rings. The zero-order chi connectivity index (χ0) is 29.3. The first-order valence-electron chi connectivity index (χ1n) is 13.8. The number of benzene rings is 1. The van der Waals surface area contributed by atoms with Gasteiger partial charge < -0.3 is 26.6 Å². The zero-order valence-corrected chi connectivity index (χ0v) is 23.9. The van der Waals surface area contributed by atoms with Gasteiger partial charge in [0.15, 0.2) is 0 Å². The second-order valence-electron chi connectivity index (χ2n) is 9.55. The number of urea groups is 1. The van der Waals surface area contributed by atoms with Crippen LogP contribution in [-0.2, 0) is 16.1 Å². The van der Waals surface area contributed by atoms with E-state index in [1.165, 1.54) is 6.08 Å². The van der Waals surface area contributed by atoms with Crippen molar-refractivity contribution < 1.29 is 28.0 Å². The van der Waals surface area contributed by atoms with Crippen LogP contribution >= 0.6 is 11.8 Å². The lowest BCUT2D eigenvalue weighted by Gasteiger charge is -2.21. The van der Waals surface area contributed by atoms with Crippen molar-refractivity contribution in [2.45, 2.75) is 76.1 Å². The maximum atomic E-state index is 14.3. The minimum absolute atomic E-state index is 0.00142. The molecule has 40 heavy (non-hydrogen) atoms. The van der Waals surface area contributed by atoms with E-state index in [1.807, 2.05) is 11.8 Å². The van der Waals surface area contributed by atoms with E-state index >= 15 is 0 Å². The normalized spacial score (nSPS) is 15.1. The minimum atomic E-state index is -0.904. The van der Waals surface area contributed by atoms with Crippen molar-refractivity contribution in [3.05, 3.63) is 47.5 Å². The predicted octanol–water partition coefficient (Wildman–Crippen LogP) is 3.54. The van der Waals surface area contributed by atoms with Crippen LogP contribution in [0.25, 0.3) is 0 Å². The first-order valence-corrected chi connectivity index (χ1v) is 14.9. The molecule has 1 saturated heterocycles. The van der Waals surface area contributed by atoms with E-state index in [0.717, 1.165) is 50.0 Å². The Balaban J connectivity index is 1.55. The Morgan fingerprint density at radius 3 is 2.35 bits per heavy atom. The molecule has 0 saturated carbocycles. The molecule has 0 unspecified atom stereocenters. The van der Waals surface area contributed by atoms with Crippen molar-refractivity contribution in [3.63, 3.8) is 0 Å². The number of nitrogens with one attached hydrogen (secondary N) is 5. The average molecular weight is 582 g/mol. The predicted molar refractivity (Wildman–Crippen MR) is 153 cm³/mol. The summed E-state index contributed by atoms with van der Waals surface area (Å²) < 4.78 is 28.6. The Morgan fingerprint density at radius 2 is 1.73 bits per heavy atom. The lowest BCUT2D eigenvalue weighted by Crippen LogP contribution is -2.36. The number of halogens is 2. The number of hydrogen-bond donors (Lipinski definition) is 5. The summed E-state index contributed by atoms with van der Waals surface area (Å²) in [7, 11) is 0. The molecular weight excluding hydrogens is 540 g/mol. The second-order valence-corrected chi connectivity index (χ2v) is 11.1. The molecule has 2 rings (SSSR count). The van der Waals surface area contributed by atoms with Crippen LogP contribution in [0, 0.1) is 11.6 Å². The number of amides is 5. The maximum absolute atomic E-state index is 14.3. The second kappa shape index (κ2) is 18.2. The number of carbonyl (C=O) groups excluding carboxylic acids is 4. The van der Waals surface area contributed by atoms with Crippen LogP contribution in [0.2, 0.25) is 0 Å². The molecule has 5 N–H and O–H groups in total. The van der Waals surface area contributed by atoms with Crippen LogP contribution in [0.1, 0.15) is 74.2 Å². The molecule has 0 bridgehead atoms. The Bertz CT molecular complexity index is 1000. The van der Waals surface area contributed by atoms with Gasteiger partial charge in [-0.3, -0.25) is 14.4 Å². The van der Waals surface area contributed by atoms with Gasteiger partial charge in [0.05, 0.1) is 6.04 Å². The minimum Gasteiger partial charge on any atom is -0.356 e. The molecule has 1 aromatic carbocycles. The van der Waals surface area contributed by atoms with Gasteiger partial charge in [-0.1, -0.05) is 25.8 Å². The van der Waals surface area contributed by atoms with Crippen LogP contribution < -0.4 is 26.6 Å². The van der Waals surface area contributed by atoms with Gasteiger partial charge in [0, 0.05) is 55.4 Å². The number of unbranched alkanes of at least 4 members (excludes halogenated alkanes) is 3. The lowest BCUT2D eigenvalue weighted by molar-refractivity contribution is -0.122. The average Bonchev–Trinajstić information content (AvgIpc) is 3.36. The van der Waals surface area contributed by atoms with Gasteiger partial charge in [-0.2, -0.15) is 11.8 Å². The molecular formula is C28H41F2N5O4S. The first-order chi connectivity index (χ1) is 19.2. The van der Waals surface area contributed by atoms with E-state index in [2.05, 4.69) is 40.1 Å². The Labute approximate surface area is 239 Å². The number of hydrogen-bond acceptors (Lipinski definition) is 5. The van der Waals surface area contributed by atoms with Gasteiger partial charge >= 0.3 is 6.03 Å². The SMILES string of the molecule is C=CCNC(=O)c1cc(F)c(CNC(=O)CCCCCNC(=O)CCCC[C@@H](SCC)[C@H]2CNC(=O)N2)c(F)c1. The van der Waals surface area contributed by atoms with Crippen LogP contribution in [0.4, 0.5) is 13.6 Å². The third kappa shape index (κ3) is 11.9. The van der Waals surface area contributed by atoms with Crippen LogP contribution in [0.5, 0.6) is 0 Å². The molecule has 9 nitrogen and oxygen atoms in total. The van der Waals surface area contributed by atoms with E-state index < -0.39 is 17.5 Å². The third-order valence-electron chi connectivity index (χ3n) is 6.45. The Morgan fingerprint density at radius 1 is 1.05 bits per heavy atom. The standard InChI is InChI=1S/C28H41F2N5O4S/c1-3-13-32-27(38)19-15-21(29)20(22(30)16-19)17-33-26(37)11-6-5-9-14-31-25(36)12-8-7-10-24(40-4-2)23-18-34-28(39)35-23/h3,15-16,23-24H,1,4-14,17-18H2,2H3,(H,31,36)(H,32,38)(H,33,37)(H2,34,35,39)/t23-,24-/m1/s1. The molecule has 222 valence electrons. The third-order valence-corrected chi connectivity index (χ3v) is 7.77. The number of carbonyl (C=O) groups is 4. The van der Waals surface area contributed by atoms with Crippen molar-refractivity contribution in [1.82, 2.24) is 26.6 Å². The van der Waals surface area contributed by atoms with Gasteiger partial charge in [0.1, 0.15) is 11.6 Å². The fourth-order valence-electron chi connectivity index (χ4n) is 4.29. The molecule has 1 aromatic rings. The highest BCUT2D eigenvalue weighted by molar-refractivity contribution is 7.99. The Kier molecular flexibility index (Phi) is 15.1. The molecule has 1 aliphatic heterocycles.